The minimum Gasteiger partial charge on any atom is -0.468 e. The average molecular weight is 339 g/mol. The lowest BCUT2D eigenvalue weighted by molar-refractivity contribution is -0.146. The van der Waals surface area contributed by atoms with Gasteiger partial charge in [0.15, 0.2) is 0 Å². The van der Waals surface area contributed by atoms with Crippen LogP contribution in [-0.2, 0) is 16.1 Å². The van der Waals surface area contributed by atoms with Gasteiger partial charge in [0.25, 0.3) is 0 Å². The van der Waals surface area contributed by atoms with Crippen molar-refractivity contribution >= 4 is 16.7 Å². The molecule has 132 valence electrons. The third kappa shape index (κ3) is 3.05. The number of rotatable bonds is 3. The average Bonchev–Trinajstić information content (AvgIpc) is 2.99. The van der Waals surface area contributed by atoms with Crippen LogP contribution in [0, 0.1) is 5.92 Å². The van der Waals surface area contributed by atoms with Gasteiger partial charge in [-0.15, -0.1) is 0 Å². The van der Waals surface area contributed by atoms with Crippen LogP contribution >= 0.6 is 0 Å². The Morgan fingerprint density at radius 2 is 1.96 bits per heavy atom. The number of aliphatic hydroxyl groups excluding tert-OH is 1. The van der Waals surface area contributed by atoms with Gasteiger partial charge in [-0.1, -0.05) is 42.5 Å². The Balaban J connectivity index is 1.68. The van der Waals surface area contributed by atoms with Crippen LogP contribution in [0.15, 0.2) is 42.5 Å². The van der Waals surface area contributed by atoms with Gasteiger partial charge in [-0.2, -0.15) is 0 Å². The number of hydrogen-bond donors (Lipinski definition) is 1. The molecule has 4 atom stereocenters. The third-order valence-corrected chi connectivity index (χ3v) is 5.99. The second-order valence-electron chi connectivity index (χ2n) is 7.38. The second-order valence-corrected chi connectivity index (χ2v) is 7.38. The number of benzene rings is 2. The summed E-state index contributed by atoms with van der Waals surface area (Å²) in [5.41, 5.74) is 1.23. The summed E-state index contributed by atoms with van der Waals surface area (Å²) < 4.78 is 5.08. The molecule has 1 saturated carbocycles. The summed E-state index contributed by atoms with van der Waals surface area (Å²) in [6.07, 6.45) is 3.17. The Morgan fingerprint density at radius 3 is 2.80 bits per heavy atom. The van der Waals surface area contributed by atoms with E-state index in [0.29, 0.717) is 5.92 Å². The van der Waals surface area contributed by atoms with Crippen LogP contribution in [0.5, 0.6) is 0 Å². The van der Waals surface area contributed by atoms with Crippen molar-refractivity contribution in [2.24, 2.45) is 5.92 Å². The number of carbonyl (C=O) groups excluding carboxylic acids is 1. The first-order valence-corrected chi connectivity index (χ1v) is 9.15. The molecule has 2 fully saturated rings. The summed E-state index contributed by atoms with van der Waals surface area (Å²) in [6, 6.07) is 14.8. The van der Waals surface area contributed by atoms with Gasteiger partial charge in [0.05, 0.1) is 13.2 Å². The van der Waals surface area contributed by atoms with Crippen molar-refractivity contribution in [1.29, 1.82) is 0 Å². The summed E-state index contributed by atoms with van der Waals surface area (Å²) in [6.45, 7) is 0.717. The molecular weight excluding hydrogens is 314 g/mol. The quantitative estimate of drug-likeness (QED) is 0.873. The minimum absolute atomic E-state index is 0.149. The number of ether oxygens (including phenoxy) is 1. The maximum Gasteiger partial charge on any atom is 0.323 e. The molecule has 2 aliphatic rings. The number of esters is 1. The number of likely N-dealkylation sites (tertiary alicyclic amines) is 1. The largest absolute Gasteiger partial charge is 0.468 e. The van der Waals surface area contributed by atoms with Crippen molar-refractivity contribution in [3.63, 3.8) is 0 Å². The van der Waals surface area contributed by atoms with Crippen LogP contribution in [0.2, 0.25) is 0 Å². The van der Waals surface area contributed by atoms with E-state index in [1.54, 1.807) is 0 Å². The van der Waals surface area contributed by atoms with Gasteiger partial charge in [0, 0.05) is 12.6 Å². The van der Waals surface area contributed by atoms with Gasteiger partial charge in [-0.05, 0) is 47.9 Å². The first-order chi connectivity index (χ1) is 12.2. The topological polar surface area (TPSA) is 49.8 Å². The fraction of sp³-hybridized carbons (Fsp3) is 0.476. The highest BCUT2D eigenvalue weighted by atomic mass is 16.5. The molecule has 1 saturated heterocycles. The maximum atomic E-state index is 12.4. The normalized spacial score (nSPS) is 29.5. The molecule has 1 heterocycles. The van der Waals surface area contributed by atoms with Gasteiger partial charge in [-0.25, -0.2) is 0 Å². The molecule has 4 heteroatoms. The molecule has 1 aliphatic heterocycles. The highest BCUT2D eigenvalue weighted by Gasteiger charge is 2.47. The van der Waals surface area contributed by atoms with Crippen LogP contribution < -0.4 is 0 Å². The van der Waals surface area contributed by atoms with Gasteiger partial charge >= 0.3 is 5.97 Å². The van der Waals surface area contributed by atoms with E-state index >= 15 is 0 Å². The van der Waals surface area contributed by atoms with Crippen molar-refractivity contribution in [1.82, 2.24) is 4.90 Å². The lowest BCUT2D eigenvalue weighted by Gasteiger charge is -2.35. The maximum absolute atomic E-state index is 12.4. The lowest BCUT2D eigenvalue weighted by Crippen LogP contribution is -2.44. The highest BCUT2D eigenvalue weighted by Crippen LogP contribution is 2.41. The smallest absolute Gasteiger partial charge is 0.323 e. The van der Waals surface area contributed by atoms with Crippen LogP contribution in [0.3, 0.4) is 0 Å². The molecular formula is C21H25NO3. The third-order valence-electron chi connectivity index (χ3n) is 5.99. The molecule has 1 aliphatic carbocycles. The van der Waals surface area contributed by atoms with Crippen molar-refractivity contribution in [2.75, 3.05) is 7.11 Å². The molecule has 0 radical (unpaired) electrons. The summed E-state index contributed by atoms with van der Waals surface area (Å²) in [5.74, 6) is 0.326. The van der Waals surface area contributed by atoms with E-state index in [-0.39, 0.29) is 24.2 Å². The van der Waals surface area contributed by atoms with E-state index in [4.69, 9.17) is 4.74 Å². The van der Waals surface area contributed by atoms with E-state index in [9.17, 15) is 9.90 Å². The molecule has 0 aromatic heterocycles. The summed E-state index contributed by atoms with van der Waals surface area (Å²) >= 11 is 0. The number of aliphatic hydroxyl groups is 1. The Morgan fingerprint density at radius 1 is 1.16 bits per heavy atom. The fourth-order valence-corrected chi connectivity index (χ4v) is 4.74. The Labute approximate surface area is 148 Å². The van der Waals surface area contributed by atoms with Crippen molar-refractivity contribution < 1.29 is 14.6 Å². The van der Waals surface area contributed by atoms with Crippen LogP contribution in [0.1, 0.15) is 31.2 Å². The molecule has 0 spiro atoms. The first kappa shape index (κ1) is 16.6. The zero-order valence-electron chi connectivity index (χ0n) is 14.6. The van der Waals surface area contributed by atoms with Crippen LogP contribution in [0.25, 0.3) is 10.8 Å². The lowest BCUT2D eigenvalue weighted by atomic mass is 9.83. The highest BCUT2D eigenvalue weighted by molar-refractivity contribution is 5.85. The van der Waals surface area contributed by atoms with Crippen molar-refractivity contribution in [3.05, 3.63) is 48.0 Å². The zero-order chi connectivity index (χ0) is 17.4. The number of hydrogen-bond acceptors (Lipinski definition) is 4. The fourth-order valence-electron chi connectivity index (χ4n) is 4.74. The molecule has 4 rings (SSSR count). The number of fused-ring (bicyclic) bond motifs is 2. The molecule has 4 nitrogen and oxygen atoms in total. The summed E-state index contributed by atoms with van der Waals surface area (Å²) in [5, 5.41) is 12.6. The minimum atomic E-state index is -0.257. The predicted octanol–water partition coefficient (Wildman–Crippen LogP) is 3.12. The van der Waals surface area contributed by atoms with Gasteiger partial charge < -0.3 is 9.84 Å². The molecule has 25 heavy (non-hydrogen) atoms. The number of methoxy groups -OCH3 is 1. The zero-order valence-corrected chi connectivity index (χ0v) is 14.6. The molecule has 0 bridgehead atoms. The van der Waals surface area contributed by atoms with Gasteiger partial charge in [0.1, 0.15) is 6.04 Å². The SMILES string of the molecule is COC(=O)[C@@H]1C[C@H]2CC[C@@H](O)C[C@H]2N1Cc1cccc2ccccc12. The Bertz CT molecular complexity index is 769. The van der Waals surface area contributed by atoms with E-state index < -0.39 is 0 Å². The Hall–Kier alpha value is -1.91. The number of nitrogens with zero attached hydrogens (tertiary/aromatic N) is 1. The van der Waals surface area contributed by atoms with Crippen LogP contribution in [0.4, 0.5) is 0 Å². The standard InChI is InChI=1S/C21H25NO3/c1-25-21(24)20-11-15-9-10-17(23)12-19(15)22(20)13-16-7-4-6-14-5-2-3-8-18(14)16/h2-8,15,17,19-20,23H,9-13H2,1H3/t15-,17-,19-,20+/m1/s1. The van der Waals surface area contributed by atoms with E-state index in [2.05, 4.69) is 41.3 Å². The summed E-state index contributed by atoms with van der Waals surface area (Å²) in [7, 11) is 1.47. The van der Waals surface area contributed by atoms with Gasteiger partial charge in [0.2, 0.25) is 0 Å². The van der Waals surface area contributed by atoms with Crippen molar-refractivity contribution in [3.8, 4) is 0 Å². The molecule has 1 N–H and O–H groups in total. The van der Waals surface area contributed by atoms with E-state index in [1.807, 2.05) is 6.07 Å². The molecule has 0 amide bonds. The second kappa shape index (κ2) is 6.77. The molecule has 2 aromatic carbocycles. The summed E-state index contributed by atoms with van der Waals surface area (Å²) in [4.78, 5) is 14.7. The van der Waals surface area contributed by atoms with Crippen molar-refractivity contribution in [2.45, 2.75) is 50.4 Å². The molecule has 0 unspecified atom stereocenters. The Kier molecular flexibility index (Phi) is 4.48. The monoisotopic (exact) mass is 339 g/mol. The first-order valence-electron chi connectivity index (χ1n) is 9.15. The van der Waals surface area contributed by atoms with Crippen LogP contribution in [-0.4, -0.2) is 41.3 Å². The van der Waals surface area contributed by atoms with E-state index in [0.717, 1.165) is 32.2 Å². The van der Waals surface area contributed by atoms with Gasteiger partial charge in [-0.3, -0.25) is 9.69 Å². The van der Waals surface area contributed by atoms with E-state index in [1.165, 1.54) is 23.4 Å². The number of carbonyl (C=O) groups is 1. The predicted molar refractivity (Wildman–Crippen MR) is 97.0 cm³/mol. The molecule has 2 aromatic rings.